The van der Waals surface area contributed by atoms with Crippen molar-refractivity contribution in [2.75, 3.05) is 10.7 Å². The molecule has 3 rings (SSSR count). The van der Waals surface area contributed by atoms with Crippen molar-refractivity contribution in [3.63, 3.8) is 0 Å². The minimum atomic E-state index is -3.29. The molecule has 1 atom stereocenters. The highest BCUT2D eigenvalue weighted by Gasteiger charge is 2.32. The van der Waals surface area contributed by atoms with Gasteiger partial charge in [0.05, 0.1) is 11.8 Å². The smallest absolute Gasteiger partial charge is 0.258 e. The maximum atomic E-state index is 13.0. The van der Waals surface area contributed by atoms with Crippen LogP contribution in [0, 0.1) is 6.92 Å². The Hall–Kier alpha value is -2.11. The number of carbonyl (C=O) groups is 1. The number of nitrogens with zero attached hydrogens (tertiary/aromatic N) is 1. The van der Waals surface area contributed by atoms with Gasteiger partial charge in [0.1, 0.15) is 0 Å². The molecule has 0 aliphatic carbocycles. The molecule has 24 heavy (non-hydrogen) atoms. The molecule has 0 spiro atoms. The van der Waals surface area contributed by atoms with Crippen molar-refractivity contribution in [2.24, 2.45) is 0 Å². The van der Waals surface area contributed by atoms with E-state index >= 15 is 0 Å². The number of sulfone groups is 1. The molecule has 124 valence electrons. The van der Waals surface area contributed by atoms with Gasteiger partial charge in [0.2, 0.25) is 0 Å². The zero-order chi connectivity index (χ0) is 17.3. The summed E-state index contributed by atoms with van der Waals surface area (Å²) in [5.41, 5.74) is 1.96. The van der Waals surface area contributed by atoms with Crippen LogP contribution in [-0.4, -0.2) is 26.1 Å². The lowest BCUT2D eigenvalue weighted by Crippen LogP contribution is -2.41. The van der Waals surface area contributed by atoms with Crippen LogP contribution in [0.5, 0.6) is 0 Å². The van der Waals surface area contributed by atoms with Crippen LogP contribution < -0.4 is 4.90 Å². The van der Waals surface area contributed by atoms with Crippen LogP contribution in [0.25, 0.3) is 0 Å². The number of carbonyl (C=O) groups excluding carboxylic acids is 1. The minimum Gasteiger partial charge on any atom is -0.300 e. The molecule has 0 N–H and O–H groups in total. The van der Waals surface area contributed by atoms with E-state index in [2.05, 4.69) is 0 Å². The SMILES string of the molecule is Cc1ccc(N(C(=O)c2ccccc2)C2C=CS(=O)(=O)C2)cc1Cl. The van der Waals surface area contributed by atoms with Gasteiger partial charge >= 0.3 is 0 Å². The monoisotopic (exact) mass is 361 g/mol. The van der Waals surface area contributed by atoms with E-state index in [-0.39, 0.29) is 11.7 Å². The number of anilines is 1. The first-order valence-corrected chi connectivity index (χ1v) is 9.52. The largest absolute Gasteiger partial charge is 0.300 e. The lowest BCUT2D eigenvalue weighted by molar-refractivity contribution is 0.0983. The number of rotatable bonds is 3. The summed E-state index contributed by atoms with van der Waals surface area (Å²) in [6, 6.07) is 13.5. The molecule has 2 aromatic carbocycles. The highest BCUT2D eigenvalue weighted by atomic mass is 35.5. The number of hydrogen-bond acceptors (Lipinski definition) is 3. The molecule has 4 nitrogen and oxygen atoms in total. The maximum absolute atomic E-state index is 13.0. The van der Waals surface area contributed by atoms with Gasteiger partial charge in [-0.3, -0.25) is 4.79 Å². The van der Waals surface area contributed by atoms with Gasteiger partial charge in [-0.1, -0.05) is 35.9 Å². The van der Waals surface area contributed by atoms with E-state index in [1.807, 2.05) is 19.1 Å². The molecule has 1 aliphatic heterocycles. The van der Waals surface area contributed by atoms with Crippen molar-refractivity contribution in [2.45, 2.75) is 13.0 Å². The Labute approximate surface area is 146 Å². The highest BCUT2D eigenvalue weighted by molar-refractivity contribution is 7.94. The summed E-state index contributed by atoms with van der Waals surface area (Å²) in [5.74, 6) is -0.390. The van der Waals surface area contributed by atoms with Gasteiger partial charge in [-0.15, -0.1) is 0 Å². The third-order valence-corrected chi connectivity index (χ3v) is 5.70. The molecule has 0 radical (unpaired) electrons. The van der Waals surface area contributed by atoms with Gasteiger partial charge in [-0.05, 0) is 42.8 Å². The molecule has 1 unspecified atom stereocenters. The third-order valence-electron chi connectivity index (χ3n) is 3.92. The Morgan fingerprint density at radius 2 is 1.88 bits per heavy atom. The van der Waals surface area contributed by atoms with Crippen molar-refractivity contribution in [1.82, 2.24) is 0 Å². The average Bonchev–Trinajstić information content (AvgIpc) is 2.91. The van der Waals surface area contributed by atoms with E-state index < -0.39 is 15.9 Å². The van der Waals surface area contributed by atoms with Gasteiger partial charge < -0.3 is 4.90 Å². The van der Waals surface area contributed by atoms with Crippen molar-refractivity contribution in [3.8, 4) is 0 Å². The fourth-order valence-corrected chi connectivity index (χ4v) is 4.07. The Morgan fingerprint density at radius 1 is 1.17 bits per heavy atom. The lowest BCUT2D eigenvalue weighted by Gasteiger charge is -2.28. The molecule has 1 heterocycles. The Kier molecular flexibility index (Phi) is 4.47. The third kappa shape index (κ3) is 3.37. The van der Waals surface area contributed by atoms with Crippen molar-refractivity contribution in [1.29, 1.82) is 0 Å². The van der Waals surface area contributed by atoms with E-state index in [1.165, 1.54) is 10.3 Å². The zero-order valence-corrected chi connectivity index (χ0v) is 14.6. The Bertz CT molecular complexity index is 907. The van der Waals surface area contributed by atoms with Crippen molar-refractivity contribution < 1.29 is 13.2 Å². The summed E-state index contributed by atoms with van der Waals surface area (Å²) in [7, 11) is -3.29. The van der Waals surface area contributed by atoms with E-state index in [1.54, 1.807) is 42.5 Å². The van der Waals surface area contributed by atoms with E-state index in [9.17, 15) is 13.2 Å². The molecule has 0 aromatic heterocycles. The molecule has 0 saturated heterocycles. The first-order chi connectivity index (χ1) is 11.4. The standard InChI is InChI=1S/C18H16ClNO3S/c1-13-7-8-15(11-17(13)19)20(16-9-10-24(22,23)12-16)18(21)14-5-3-2-4-6-14/h2-11,16H,12H2,1H3. The van der Waals surface area contributed by atoms with Gasteiger partial charge in [-0.2, -0.15) is 0 Å². The molecule has 0 fully saturated rings. The summed E-state index contributed by atoms with van der Waals surface area (Å²) >= 11 is 6.20. The quantitative estimate of drug-likeness (QED) is 0.839. The number of aryl methyl sites for hydroxylation is 1. The van der Waals surface area contributed by atoms with Gasteiger partial charge in [0.25, 0.3) is 5.91 Å². The summed E-state index contributed by atoms with van der Waals surface area (Å²) in [4.78, 5) is 14.5. The molecule has 0 saturated carbocycles. The molecule has 0 bridgehead atoms. The molecule has 2 aromatic rings. The number of amides is 1. The van der Waals surface area contributed by atoms with Crippen LogP contribution in [0.15, 0.2) is 60.0 Å². The minimum absolute atomic E-state index is 0.128. The first-order valence-electron chi connectivity index (χ1n) is 7.43. The van der Waals surface area contributed by atoms with Crippen LogP contribution >= 0.6 is 11.6 Å². The predicted molar refractivity (Wildman–Crippen MR) is 96.2 cm³/mol. The van der Waals surface area contributed by atoms with Crippen molar-refractivity contribution >= 4 is 33.0 Å². The maximum Gasteiger partial charge on any atom is 0.258 e. The number of halogens is 1. The summed E-state index contributed by atoms with van der Waals surface area (Å²) < 4.78 is 23.6. The molecular formula is C18H16ClNO3S. The zero-order valence-electron chi connectivity index (χ0n) is 13.0. The fourth-order valence-electron chi connectivity index (χ4n) is 2.63. The van der Waals surface area contributed by atoms with Crippen LogP contribution in [0.4, 0.5) is 5.69 Å². The second kappa shape index (κ2) is 6.42. The van der Waals surface area contributed by atoms with Crippen LogP contribution in [0.1, 0.15) is 15.9 Å². The Morgan fingerprint density at radius 3 is 2.46 bits per heavy atom. The Balaban J connectivity index is 2.06. The topological polar surface area (TPSA) is 54.5 Å². The van der Waals surface area contributed by atoms with Crippen molar-refractivity contribution in [3.05, 3.63) is 76.2 Å². The molecular weight excluding hydrogens is 346 g/mol. The normalized spacial score (nSPS) is 18.5. The molecule has 1 aliphatic rings. The van der Waals surface area contributed by atoms with Crippen LogP contribution in [-0.2, 0) is 9.84 Å². The average molecular weight is 362 g/mol. The van der Waals surface area contributed by atoms with E-state index in [0.29, 0.717) is 16.3 Å². The highest BCUT2D eigenvalue weighted by Crippen LogP contribution is 2.28. The summed E-state index contributed by atoms with van der Waals surface area (Å²) in [6.45, 7) is 1.87. The first kappa shape index (κ1) is 16.7. The summed E-state index contributed by atoms with van der Waals surface area (Å²) in [6.07, 6.45) is 1.55. The van der Waals surface area contributed by atoms with Crippen LogP contribution in [0.2, 0.25) is 5.02 Å². The molecule has 6 heteroatoms. The second-order valence-electron chi connectivity index (χ2n) is 5.70. The molecule has 1 amide bonds. The van der Waals surface area contributed by atoms with Crippen LogP contribution in [0.3, 0.4) is 0 Å². The van der Waals surface area contributed by atoms with Gasteiger partial charge in [0.15, 0.2) is 9.84 Å². The number of hydrogen-bond donors (Lipinski definition) is 0. The fraction of sp³-hybridized carbons (Fsp3) is 0.167. The van der Waals surface area contributed by atoms with E-state index in [0.717, 1.165) is 5.56 Å². The van der Waals surface area contributed by atoms with Gasteiger partial charge in [-0.25, -0.2) is 8.42 Å². The second-order valence-corrected chi connectivity index (χ2v) is 8.04. The number of benzene rings is 2. The van der Waals surface area contributed by atoms with E-state index in [4.69, 9.17) is 11.6 Å². The summed E-state index contributed by atoms with van der Waals surface area (Å²) in [5, 5.41) is 1.70. The predicted octanol–water partition coefficient (Wildman–Crippen LogP) is 3.61. The van der Waals surface area contributed by atoms with Gasteiger partial charge in [0, 0.05) is 21.7 Å². The lowest BCUT2D eigenvalue weighted by atomic mass is 10.1.